The minimum absolute atomic E-state index is 0.0101. The van der Waals surface area contributed by atoms with Gasteiger partial charge in [0.05, 0.1) is 33.6 Å². The van der Waals surface area contributed by atoms with Gasteiger partial charge in [-0.05, 0) is 78.9 Å². The Labute approximate surface area is 264 Å². The van der Waals surface area contributed by atoms with Crippen LogP contribution in [-0.4, -0.2) is 29.7 Å². The quantitative estimate of drug-likeness (QED) is 0.160. The first-order valence-electron chi connectivity index (χ1n) is 13.4. The number of pyridine rings is 2. The zero-order valence-corrected chi connectivity index (χ0v) is 25.9. The lowest BCUT2D eigenvalue weighted by atomic mass is 9.94. The second-order valence-corrected chi connectivity index (χ2v) is 13.8. The number of nitrogen functional groups attached to an aromatic ring is 1. The van der Waals surface area contributed by atoms with Gasteiger partial charge in [-0.1, -0.05) is 29.8 Å². The van der Waals surface area contributed by atoms with Gasteiger partial charge < -0.3 is 15.3 Å². The molecule has 0 aliphatic heterocycles. The Balaban J connectivity index is 1.48. The number of benzene rings is 2. The number of hydrogen-bond donors (Lipinski definition) is 3. The maximum Gasteiger partial charge on any atom is 0.421 e. The van der Waals surface area contributed by atoms with E-state index in [1.54, 1.807) is 37.3 Å². The number of sulfonamides is 1. The first-order valence-corrected chi connectivity index (χ1v) is 16.0. The lowest BCUT2D eigenvalue weighted by Crippen LogP contribution is -2.39. The minimum Gasteiger partial charge on any atom is -0.464 e. The molecule has 0 aliphatic carbocycles. The number of aromatic nitrogens is 2. The van der Waals surface area contributed by atoms with Gasteiger partial charge >= 0.3 is 6.18 Å². The van der Waals surface area contributed by atoms with E-state index in [2.05, 4.69) is 14.7 Å². The van der Waals surface area contributed by atoms with Crippen molar-refractivity contribution in [2.24, 2.45) is 0 Å². The third-order valence-electron chi connectivity index (χ3n) is 7.49. The summed E-state index contributed by atoms with van der Waals surface area (Å²) in [5.41, 5.74) is 4.65. The summed E-state index contributed by atoms with van der Waals surface area (Å²) < 4.78 is 77.2. The molecule has 4 heterocycles. The van der Waals surface area contributed by atoms with Crippen LogP contribution in [-0.2, 0) is 15.6 Å². The van der Waals surface area contributed by atoms with Crippen LogP contribution < -0.4 is 10.5 Å². The molecule has 0 saturated heterocycles. The molecule has 0 amide bonds. The van der Waals surface area contributed by atoms with Crippen molar-refractivity contribution in [3.05, 3.63) is 106 Å². The first-order chi connectivity index (χ1) is 21.2. The fourth-order valence-electron chi connectivity index (χ4n) is 4.92. The molecule has 14 heteroatoms. The van der Waals surface area contributed by atoms with Crippen molar-refractivity contribution in [2.45, 2.75) is 36.6 Å². The Kier molecular flexibility index (Phi) is 7.65. The molecule has 2 aromatic carbocycles. The van der Waals surface area contributed by atoms with Gasteiger partial charge in [-0.15, -0.1) is 11.3 Å². The van der Waals surface area contributed by atoms with Gasteiger partial charge in [0.15, 0.2) is 5.60 Å². The van der Waals surface area contributed by atoms with Gasteiger partial charge in [0, 0.05) is 26.7 Å². The van der Waals surface area contributed by atoms with E-state index in [4.69, 9.17) is 21.8 Å². The van der Waals surface area contributed by atoms with E-state index in [-0.39, 0.29) is 32.7 Å². The summed E-state index contributed by atoms with van der Waals surface area (Å²) in [7, 11) is -4.18. The number of fused-ring (bicyclic) bond motifs is 2. The van der Waals surface area contributed by atoms with Gasteiger partial charge in [0.25, 0.3) is 0 Å². The average Bonchev–Trinajstić information content (AvgIpc) is 3.60. The van der Waals surface area contributed by atoms with Crippen LogP contribution in [0, 0.1) is 6.92 Å². The SMILES string of the molecule is Cc1coc2ccc(S(=O)(=O)N[C@@H](c3cc4cccc(-c5cc([C@](C)(O)C(F)(F)F)ccn5)c4s3)c3nc(N)ccc3Cl)cc12. The highest BCUT2D eigenvalue weighted by Gasteiger charge is 2.51. The molecule has 4 N–H and O–H groups in total. The molecule has 0 aliphatic rings. The Hall–Kier alpha value is -4.01. The Bertz CT molecular complexity index is 2200. The van der Waals surface area contributed by atoms with Crippen LogP contribution in [0.25, 0.3) is 32.3 Å². The highest BCUT2D eigenvalue weighted by molar-refractivity contribution is 7.89. The summed E-state index contributed by atoms with van der Waals surface area (Å²) in [6.45, 7) is 2.49. The fraction of sp³-hybridized carbons (Fsp3) is 0.161. The molecule has 6 aromatic rings. The van der Waals surface area contributed by atoms with Gasteiger partial charge in [0.1, 0.15) is 11.4 Å². The Morgan fingerprint density at radius 2 is 1.87 bits per heavy atom. The van der Waals surface area contributed by atoms with Crippen molar-refractivity contribution in [2.75, 3.05) is 5.73 Å². The smallest absolute Gasteiger partial charge is 0.421 e. The number of alkyl halides is 3. The third-order valence-corrected chi connectivity index (χ3v) is 10.5. The molecule has 0 unspecified atom stereocenters. The van der Waals surface area contributed by atoms with Crippen LogP contribution in [0.5, 0.6) is 0 Å². The Morgan fingerprint density at radius 3 is 2.62 bits per heavy atom. The van der Waals surface area contributed by atoms with Gasteiger partial charge in [-0.2, -0.15) is 17.9 Å². The maximum absolute atomic E-state index is 13.8. The molecular formula is C31H24ClF3N4O4S2. The number of rotatable bonds is 7. The number of thiophene rings is 1. The van der Waals surface area contributed by atoms with E-state index >= 15 is 0 Å². The molecule has 4 aromatic heterocycles. The summed E-state index contributed by atoms with van der Waals surface area (Å²) in [5.74, 6) is 0.119. The van der Waals surface area contributed by atoms with Gasteiger partial charge in [-0.3, -0.25) is 4.98 Å². The third kappa shape index (κ3) is 5.66. The van der Waals surface area contributed by atoms with Crippen molar-refractivity contribution in [1.82, 2.24) is 14.7 Å². The monoisotopic (exact) mass is 672 g/mol. The number of aliphatic hydroxyl groups is 1. The minimum atomic E-state index is -4.91. The molecule has 0 radical (unpaired) electrons. The molecule has 8 nitrogen and oxygen atoms in total. The number of nitrogens with one attached hydrogen (secondary N) is 1. The van der Waals surface area contributed by atoms with Crippen LogP contribution >= 0.6 is 22.9 Å². The number of hydrogen-bond acceptors (Lipinski definition) is 8. The molecule has 45 heavy (non-hydrogen) atoms. The summed E-state index contributed by atoms with van der Waals surface area (Å²) in [6, 6.07) is 15.6. The molecule has 0 bridgehead atoms. The van der Waals surface area contributed by atoms with Crippen molar-refractivity contribution in [3.63, 3.8) is 0 Å². The van der Waals surface area contributed by atoms with E-state index in [9.17, 15) is 26.7 Å². The second kappa shape index (κ2) is 11.1. The van der Waals surface area contributed by atoms with E-state index in [0.717, 1.165) is 11.6 Å². The summed E-state index contributed by atoms with van der Waals surface area (Å²) in [4.78, 5) is 9.11. The molecule has 0 spiro atoms. The largest absolute Gasteiger partial charge is 0.464 e. The lowest BCUT2D eigenvalue weighted by Gasteiger charge is -2.26. The number of nitrogens with zero attached hydrogens (tertiary/aromatic N) is 2. The lowest BCUT2D eigenvalue weighted by molar-refractivity contribution is -0.258. The first kappa shape index (κ1) is 31.0. The van der Waals surface area contributed by atoms with Crippen LogP contribution in [0.15, 0.2) is 88.5 Å². The van der Waals surface area contributed by atoms with Crippen molar-refractivity contribution < 1.29 is 31.1 Å². The highest BCUT2D eigenvalue weighted by Crippen LogP contribution is 2.42. The predicted octanol–water partition coefficient (Wildman–Crippen LogP) is 7.49. The zero-order valence-electron chi connectivity index (χ0n) is 23.6. The number of anilines is 1. The fourth-order valence-corrected chi connectivity index (χ4v) is 7.65. The number of nitrogens with two attached hydrogens (primary N) is 1. The maximum atomic E-state index is 13.8. The number of furan rings is 1. The zero-order chi connectivity index (χ0) is 32.3. The highest BCUT2D eigenvalue weighted by atomic mass is 35.5. The van der Waals surface area contributed by atoms with Crippen LogP contribution in [0.4, 0.5) is 19.0 Å². The Morgan fingerprint density at radius 1 is 1.09 bits per heavy atom. The standard InChI is InChI=1S/C31H24ClF3N4O4S2/c1-16-15-43-24-8-6-19(14-21(16)24)45(41,42)39-28(27-22(32)7-9-26(36)38-27)25-12-17-4-3-5-20(29(17)44-25)23-13-18(10-11-37-23)30(2,40)31(33,34)35/h3-15,28,39-40H,1-2H3,(H2,36,38)/t28-,30-/m0/s1. The van der Waals surface area contributed by atoms with Crippen molar-refractivity contribution >= 4 is 59.8 Å². The van der Waals surface area contributed by atoms with E-state index in [1.807, 2.05) is 0 Å². The second-order valence-electron chi connectivity index (χ2n) is 10.6. The van der Waals surface area contributed by atoms with E-state index in [1.165, 1.54) is 54.1 Å². The predicted molar refractivity (Wildman–Crippen MR) is 167 cm³/mol. The van der Waals surface area contributed by atoms with Crippen LogP contribution in [0.1, 0.15) is 34.7 Å². The molecule has 0 fully saturated rings. The summed E-state index contributed by atoms with van der Waals surface area (Å²) in [5, 5.41) is 11.7. The van der Waals surface area contributed by atoms with Crippen molar-refractivity contribution in [1.29, 1.82) is 0 Å². The summed E-state index contributed by atoms with van der Waals surface area (Å²) in [6.07, 6.45) is -2.18. The molecular weight excluding hydrogens is 649 g/mol. The average molecular weight is 673 g/mol. The van der Waals surface area contributed by atoms with E-state index < -0.39 is 27.8 Å². The summed E-state index contributed by atoms with van der Waals surface area (Å²) >= 11 is 7.73. The molecule has 232 valence electrons. The van der Waals surface area contributed by atoms with Crippen LogP contribution in [0.2, 0.25) is 5.02 Å². The topological polar surface area (TPSA) is 131 Å². The molecule has 0 saturated carbocycles. The molecule has 2 atom stereocenters. The van der Waals surface area contributed by atoms with Gasteiger partial charge in [0.2, 0.25) is 10.0 Å². The van der Waals surface area contributed by atoms with E-state index in [0.29, 0.717) is 38.4 Å². The van der Waals surface area contributed by atoms with Crippen LogP contribution in [0.3, 0.4) is 0 Å². The van der Waals surface area contributed by atoms with Crippen molar-refractivity contribution in [3.8, 4) is 11.3 Å². The number of aryl methyl sites for hydroxylation is 1. The normalized spacial score (nSPS) is 14.6. The van der Waals surface area contributed by atoms with Gasteiger partial charge in [-0.25, -0.2) is 13.4 Å². The molecule has 6 rings (SSSR count). The number of halogens is 4.